The Labute approximate surface area is 145 Å². The van der Waals surface area contributed by atoms with E-state index in [4.69, 9.17) is 0 Å². The first kappa shape index (κ1) is 18.6. The maximum atomic E-state index is 12.0. The number of carbonyl (C=O) groups is 1. The first-order valence-electron chi connectivity index (χ1n) is 9.03. The highest BCUT2D eigenvalue weighted by Crippen LogP contribution is 2.23. The molecule has 1 aliphatic heterocycles. The minimum atomic E-state index is -0.496. The van der Waals surface area contributed by atoms with Gasteiger partial charge in [0, 0.05) is 25.3 Å². The molecule has 2 rings (SSSR count). The molecule has 2 atom stereocenters. The number of aliphatic hydroxyl groups excluding tert-OH is 1. The Bertz CT molecular complexity index is 527. The van der Waals surface area contributed by atoms with E-state index < -0.39 is 6.10 Å². The molecule has 1 aromatic carbocycles. The molecule has 0 aromatic heterocycles. The number of benzene rings is 1. The van der Waals surface area contributed by atoms with Crippen LogP contribution in [0.2, 0.25) is 0 Å². The van der Waals surface area contributed by atoms with Gasteiger partial charge in [0.25, 0.3) is 0 Å². The van der Waals surface area contributed by atoms with Gasteiger partial charge in [-0.05, 0) is 49.8 Å². The van der Waals surface area contributed by atoms with Gasteiger partial charge in [-0.3, -0.25) is 0 Å². The van der Waals surface area contributed by atoms with Crippen LogP contribution in [0.25, 0.3) is 0 Å². The molecule has 24 heavy (non-hydrogen) atoms. The van der Waals surface area contributed by atoms with Crippen LogP contribution in [0, 0.1) is 5.92 Å². The number of aliphatic hydroxyl groups is 1. The van der Waals surface area contributed by atoms with E-state index in [0.29, 0.717) is 12.3 Å². The van der Waals surface area contributed by atoms with Gasteiger partial charge in [0.15, 0.2) is 0 Å². The molecule has 0 aliphatic carbocycles. The average molecular weight is 333 g/mol. The number of carbonyl (C=O) groups excluding carboxylic acids is 1. The molecule has 0 saturated carbocycles. The van der Waals surface area contributed by atoms with Crippen molar-refractivity contribution in [2.24, 2.45) is 5.92 Å². The highest BCUT2D eigenvalue weighted by Gasteiger charge is 2.15. The van der Waals surface area contributed by atoms with Crippen molar-refractivity contribution in [2.45, 2.75) is 52.2 Å². The number of amides is 2. The molecule has 1 heterocycles. The monoisotopic (exact) mass is 333 g/mol. The summed E-state index contributed by atoms with van der Waals surface area (Å²) in [6.07, 6.45) is 2.69. The second-order valence-corrected chi connectivity index (χ2v) is 7.15. The predicted molar refractivity (Wildman–Crippen MR) is 98.3 cm³/mol. The van der Waals surface area contributed by atoms with Crippen molar-refractivity contribution in [2.75, 3.05) is 24.5 Å². The van der Waals surface area contributed by atoms with Gasteiger partial charge >= 0.3 is 6.03 Å². The van der Waals surface area contributed by atoms with Gasteiger partial charge in [-0.2, -0.15) is 0 Å². The lowest BCUT2D eigenvalue weighted by Gasteiger charge is -2.21. The number of anilines is 1. The lowest BCUT2D eigenvalue weighted by Crippen LogP contribution is -2.41. The molecule has 1 aromatic rings. The van der Waals surface area contributed by atoms with E-state index in [2.05, 4.69) is 41.5 Å². The van der Waals surface area contributed by atoms with Gasteiger partial charge < -0.3 is 20.6 Å². The van der Waals surface area contributed by atoms with E-state index in [1.807, 2.05) is 19.1 Å². The molecule has 5 nitrogen and oxygen atoms in total. The lowest BCUT2D eigenvalue weighted by atomic mass is 10.1. The third-order valence-corrected chi connectivity index (χ3v) is 4.43. The first-order valence-corrected chi connectivity index (χ1v) is 9.03. The molecule has 0 bridgehead atoms. The Hall–Kier alpha value is -1.75. The van der Waals surface area contributed by atoms with Crippen LogP contribution in [-0.2, 0) is 0 Å². The molecule has 1 saturated heterocycles. The highest BCUT2D eigenvalue weighted by molar-refractivity contribution is 5.74. The molecule has 0 radical (unpaired) electrons. The maximum Gasteiger partial charge on any atom is 0.315 e. The van der Waals surface area contributed by atoms with Crippen LogP contribution >= 0.6 is 0 Å². The van der Waals surface area contributed by atoms with Gasteiger partial charge in [-0.15, -0.1) is 0 Å². The van der Waals surface area contributed by atoms with Crippen LogP contribution in [0.5, 0.6) is 0 Å². The Balaban J connectivity index is 1.84. The molecule has 3 N–H and O–H groups in total. The zero-order chi connectivity index (χ0) is 17.5. The van der Waals surface area contributed by atoms with Crippen LogP contribution in [0.1, 0.15) is 51.6 Å². The molecule has 2 unspecified atom stereocenters. The number of hydrogen-bond donors (Lipinski definition) is 3. The summed E-state index contributed by atoms with van der Waals surface area (Å²) in [7, 11) is 0. The van der Waals surface area contributed by atoms with Crippen LogP contribution in [0.4, 0.5) is 10.5 Å². The van der Waals surface area contributed by atoms with Gasteiger partial charge in [-0.1, -0.05) is 26.0 Å². The Morgan fingerprint density at radius 1 is 1.25 bits per heavy atom. The van der Waals surface area contributed by atoms with Crippen LogP contribution in [0.3, 0.4) is 0 Å². The van der Waals surface area contributed by atoms with Gasteiger partial charge in [0.1, 0.15) is 0 Å². The molecular weight excluding hydrogens is 302 g/mol. The van der Waals surface area contributed by atoms with Gasteiger partial charge in [0.05, 0.1) is 12.1 Å². The highest BCUT2D eigenvalue weighted by atomic mass is 16.3. The summed E-state index contributed by atoms with van der Waals surface area (Å²) in [6.45, 7) is 8.59. The topological polar surface area (TPSA) is 64.6 Å². The second-order valence-electron chi connectivity index (χ2n) is 7.15. The summed E-state index contributed by atoms with van der Waals surface area (Å²) in [4.78, 5) is 14.4. The summed E-state index contributed by atoms with van der Waals surface area (Å²) in [6, 6.07) is 8.06. The van der Waals surface area contributed by atoms with Gasteiger partial charge in [0.2, 0.25) is 0 Å². The SMILES string of the molecule is CC(C)CC(O)CNC(=O)NC(C)c1cccc(N2CCCC2)c1. The van der Waals surface area contributed by atoms with E-state index in [-0.39, 0.29) is 18.6 Å². The fraction of sp³-hybridized carbons (Fsp3) is 0.632. The van der Waals surface area contributed by atoms with Crippen molar-refractivity contribution in [1.82, 2.24) is 10.6 Å². The number of urea groups is 1. The lowest BCUT2D eigenvalue weighted by molar-refractivity contribution is 0.146. The van der Waals surface area contributed by atoms with E-state index in [0.717, 1.165) is 18.7 Å². The zero-order valence-electron chi connectivity index (χ0n) is 15.1. The smallest absolute Gasteiger partial charge is 0.315 e. The molecule has 134 valence electrons. The van der Waals surface area contributed by atoms with Crippen LogP contribution in [0.15, 0.2) is 24.3 Å². The van der Waals surface area contributed by atoms with E-state index >= 15 is 0 Å². The Morgan fingerprint density at radius 3 is 2.62 bits per heavy atom. The molecule has 2 amide bonds. The summed E-state index contributed by atoms with van der Waals surface area (Å²) in [5.74, 6) is 0.414. The molecule has 0 spiro atoms. The molecule has 1 aliphatic rings. The minimum absolute atomic E-state index is 0.0743. The van der Waals surface area contributed by atoms with Crippen molar-refractivity contribution < 1.29 is 9.90 Å². The molecule has 5 heteroatoms. The van der Waals surface area contributed by atoms with Crippen molar-refractivity contribution in [1.29, 1.82) is 0 Å². The maximum absolute atomic E-state index is 12.0. The van der Waals surface area contributed by atoms with Crippen molar-refractivity contribution in [3.05, 3.63) is 29.8 Å². The molecular formula is C19H31N3O2. The van der Waals surface area contributed by atoms with Crippen molar-refractivity contribution in [3.63, 3.8) is 0 Å². The Kier molecular flexibility index (Phi) is 6.91. The Morgan fingerprint density at radius 2 is 1.96 bits per heavy atom. The minimum Gasteiger partial charge on any atom is -0.391 e. The summed E-state index contributed by atoms with van der Waals surface area (Å²) < 4.78 is 0. The van der Waals surface area contributed by atoms with Crippen molar-refractivity contribution in [3.8, 4) is 0 Å². The zero-order valence-corrected chi connectivity index (χ0v) is 15.1. The number of nitrogens with zero attached hydrogens (tertiary/aromatic N) is 1. The summed E-state index contributed by atoms with van der Waals surface area (Å²) >= 11 is 0. The number of rotatable bonds is 7. The van der Waals surface area contributed by atoms with E-state index in [1.165, 1.54) is 18.5 Å². The largest absolute Gasteiger partial charge is 0.391 e. The quantitative estimate of drug-likeness (QED) is 0.718. The second kappa shape index (κ2) is 8.92. The van der Waals surface area contributed by atoms with Crippen molar-refractivity contribution >= 4 is 11.7 Å². The fourth-order valence-corrected chi connectivity index (χ4v) is 3.14. The molecule has 1 fully saturated rings. The van der Waals surface area contributed by atoms with E-state index in [9.17, 15) is 9.90 Å². The third kappa shape index (κ3) is 5.71. The number of hydrogen-bond acceptors (Lipinski definition) is 3. The number of nitrogens with one attached hydrogen (secondary N) is 2. The third-order valence-electron chi connectivity index (χ3n) is 4.43. The predicted octanol–water partition coefficient (Wildman–Crippen LogP) is 3.05. The first-order chi connectivity index (χ1) is 11.5. The van der Waals surface area contributed by atoms with E-state index in [1.54, 1.807) is 0 Å². The van der Waals surface area contributed by atoms with Crippen LogP contribution in [-0.4, -0.2) is 36.9 Å². The summed E-state index contributed by atoms with van der Waals surface area (Å²) in [5, 5.41) is 15.5. The fourth-order valence-electron chi connectivity index (χ4n) is 3.14. The standard InChI is InChI=1S/C19H31N3O2/c1-14(2)11-18(23)13-20-19(24)21-15(3)16-7-6-8-17(12-16)22-9-4-5-10-22/h6-8,12,14-15,18,23H,4-5,9-11,13H2,1-3H3,(H2,20,21,24). The summed E-state index contributed by atoms with van der Waals surface area (Å²) in [5.41, 5.74) is 2.32. The normalized spacial score (nSPS) is 17.0. The average Bonchev–Trinajstić information content (AvgIpc) is 3.07. The van der Waals surface area contributed by atoms with Crippen LogP contribution < -0.4 is 15.5 Å². The van der Waals surface area contributed by atoms with Gasteiger partial charge in [-0.25, -0.2) is 4.79 Å².